The number of amides is 1. The van der Waals surface area contributed by atoms with E-state index in [0.717, 1.165) is 18.2 Å². The van der Waals surface area contributed by atoms with Crippen molar-refractivity contribution in [1.29, 1.82) is 0 Å². The molecule has 1 heterocycles. The van der Waals surface area contributed by atoms with Crippen molar-refractivity contribution < 1.29 is 9.18 Å². The molecule has 2 N–H and O–H groups in total. The summed E-state index contributed by atoms with van der Waals surface area (Å²) < 4.78 is 15.6. The van der Waals surface area contributed by atoms with Crippen molar-refractivity contribution in [3.63, 3.8) is 0 Å². The van der Waals surface area contributed by atoms with E-state index < -0.39 is 11.7 Å². The van der Waals surface area contributed by atoms with Gasteiger partial charge in [0.15, 0.2) is 5.96 Å². The molecule has 0 saturated heterocycles. The molecule has 0 aliphatic heterocycles. The van der Waals surface area contributed by atoms with Crippen LogP contribution in [0.4, 0.5) is 4.39 Å². The largest absolute Gasteiger partial charge is 0.357 e. The van der Waals surface area contributed by atoms with Gasteiger partial charge in [-0.2, -0.15) is 0 Å². The van der Waals surface area contributed by atoms with Gasteiger partial charge in [0.1, 0.15) is 5.82 Å². The lowest BCUT2D eigenvalue weighted by Crippen LogP contribution is -2.39. The van der Waals surface area contributed by atoms with E-state index in [0.29, 0.717) is 24.7 Å². The molecular weight excluding hydrogens is 369 g/mol. The van der Waals surface area contributed by atoms with E-state index in [4.69, 9.17) is 11.6 Å². The number of carbonyl (C=O) groups excluding carboxylic acids is 1. The fourth-order valence-corrected chi connectivity index (χ4v) is 2.86. The van der Waals surface area contributed by atoms with Gasteiger partial charge in [-0.3, -0.25) is 9.79 Å². The van der Waals surface area contributed by atoms with Gasteiger partial charge in [-0.05, 0) is 25.1 Å². The Morgan fingerprint density at radius 1 is 1.33 bits per heavy atom. The van der Waals surface area contributed by atoms with Crippen LogP contribution in [0.3, 0.4) is 0 Å². The second-order valence-corrected chi connectivity index (χ2v) is 6.52. The van der Waals surface area contributed by atoms with Crippen molar-refractivity contribution >= 4 is 23.5 Å². The molecule has 1 amide bonds. The van der Waals surface area contributed by atoms with Gasteiger partial charge in [0.25, 0.3) is 5.91 Å². The Labute approximate surface area is 164 Å². The number of hydrogen-bond donors (Lipinski definition) is 2. The first kappa shape index (κ1) is 20.8. The molecule has 2 aromatic rings. The van der Waals surface area contributed by atoms with Crippen LogP contribution in [0.5, 0.6) is 0 Å². The maximum atomic E-state index is 13.6. The first-order chi connectivity index (χ1) is 12.9. The van der Waals surface area contributed by atoms with Crippen molar-refractivity contribution in [2.45, 2.75) is 13.5 Å². The number of rotatable bonds is 7. The lowest BCUT2D eigenvalue weighted by Gasteiger charge is -2.22. The van der Waals surface area contributed by atoms with Gasteiger partial charge in [0, 0.05) is 39.1 Å². The molecular formula is C19H25ClFN5O. The number of hydrogen-bond acceptors (Lipinski definition) is 2. The molecule has 1 aromatic carbocycles. The molecule has 0 fully saturated rings. The first-order valence-corrected chi connectivity index (χ1v) is 9.13. The number of carbonyl (C=O) groups is 1. The number of aromatic nitrogens is 1. The van der Waals surface area contributed by atoms with Crippen LogP contribution in [0, 0.1) is 5.82 Å². The summed E-state index contributed by atoms with van der Waals surface area (Å²) in [4.78, 5) is 18.5. The fraction of sp³-hybridized carbons (Fsp3) is 0.368. The predicted octanol–water partition coefficient (Wildman–Crippen LogP) is 2.64. The van der Waals surface area contributed by atoms with Crippen LogP contribution in [0.15, 0.2) is 41.5 Å². The standard InChI is InChI=1S/C19H25ClFN5O/c1-4-22-19(26(3)13-15-11-14(20)12-25(15)2)24-10-9-23-18(27)16-7-5-6-8-17(16)21/h5-8,11-12H,4,9-10,13H2,1-3H3,(H,22,24)(H,23,27). The normalized spacial score (nSPS) is 11.4. The highest BCUT2D eigenvalue weighted by Crippen LogP contribution is 2.14. The Hall–Kier alpha value is -2.54. The highest BCUT2D eigenvalue weighted by molar-refractivity contribution is 6.30. The van der Waals surface area contributed by atoms with Gasteiger partial charge in [-0.25, -0.2) is 4.39 Å². The van der Waals surface area contributed by atoms with Crippen LogP contribution in [0.2, 0.25) is 5.02 Å². The number of halogens is 2. The van der Waals surface area contributed by atoms with E-state index in [-0.39, 0.29) is 5.56 Å². The summed E-state index contributed by atoms with van der Waals surface area (Å²) >= 11 is 6.03. The Kier molecular flexibility index (Phi) is 7.67. The first-order valence-electron chi connectivity index (χ1n) is 8.75. The zero-order valence-electron chi connectivity index (χ0n) is 15.8. The highest BCUT2D eigenvalue weighted by Gasteiger charge is 2.11. The minimum Gasteiger partial charge on any atom is -0.357 e. The Balaban J connectivity index is 1.91. The SMILES string of the molecule is CCNC(=NCCNC(=O)c1ccccc1F)N(C)Cc1cc(Cl)cn1C. The highest BCUT2D eigenvalue weighted by atomic mass is 35.5. The third-order valence-electron chi connectivity index (χ3n) is 3.95. The van der Waals surface area contributed by atoms with Crippen molar-refractivity contribution in [3.8, 4) is 0 Å². The zero-order chi connectivity index (χ0) is 19.8. The van der Waals surface area contributed by atoms with E-state index in [1.807, 2.05) is 42.7 Å². The number of benzene rings is 1. The van der Waals surface area contributed by atoms with E-state index in [1.54, 1.807) is 12.1 Å². The third kappa shape index (κ3) is 5.99. The van der Waals surface area contributed by atoms with Gasteiger partial charge in [-0.15, -0.1) is 0 Å². The molecule has 1 aromatic heterocycles. The summed E-state index contributed by atoms with van der Waals surface area (Å²) in [6, 6.07) is 7.81. The van der Waals surface area contributed by atoms with Gasteiger partial charge in [0.05, 0.1) is 23.7 Å². The molecule has 0 atom stereocenters. The van der Waals surface area contributed by atoms with Crippen LogP contribution in [0.1, 0.15) is 23.0 Å². The third-order valence-corrected chi connectivity index (χ3v) is 4.15. The smallest absolute Gasteiger partial charge is 0.254 e. The van der Waals surface area contributed by atoms with Crippen molar-refractivity contribution in [2.24, 2.45) is 12.0 Å². The molecule has 146 valence electrons. The second kappa shape index (κ2) is 9.97. The number of nitrogens with zero attached hydrogens (tertiary/aromatic N) is 3. The van der Waals surface area contributed by atoms with Crippen LogP contribution >= 0.6 is 11.6 Å². The monoisotopic (exact) mass is 393 g/mol. The van der Waals surface area contributed by atoms with E-state index in [2.05, 4.69) is 15.6 Å². The summed E-state index contributed by atoms with van der Waals surface area (Å²) in [6.07, 6.45) is 1.85. The second-order valence-electron chi connectivity index (χ2n) is 6.09. The van der Waals surface area contributed by atoms with Crippen molar-refractivity contribution in [2.75, 3.05) is 26.7 Å². The number of aliphatic imine (C=N–C) groups is 1. The number of aryl methyl sites for hydroxylation is 1. The van der Waals surface area contributed by atoms with E-state index in [1.165, 1.54) is 12.1 Å². The topological polar surface area (TPSA) is 61.7 Å². The van der Waals surface area contributed by atoms with Gasteiger partial charge in [-0.1, -0.05) is 23.7 Å². The minimum absolute atomic E-state index is 0.0334. The average molecular weight is 394 g/mol. The van der Waals surface area contributed by atoms with Gasteiger partial charge < -0.3 is 20.1 Å². The van der Waals surface area contributed by atoms with Crippen LogP contribution in [-0.2, 0) is 13.6 Å². The average Bonchev–Trinajstić information content (AvgIpc) is 2.94. The fourth-order valence-electron chi connectivity index (χ4n) is 2.58. The van der Waals surface area contributed by atoms with Gasteiger partial charge >= 0.3 is 0 Å². The molecule has 0 aliphatic rings. The summed E-state index contributed by atoms with van der Waals surface area (Å²) in [6.45, 7) is 4.03. The molecule has 0 saturated carbocycles. The lowest BCUT2D eigenvalue weighted by atomic mass is 10.2. The molecule has 0 bridgehead atoms. The molecule has 6 nitrogen and oxygen atoms in total. The maximum Gasteiger partial charge on any atom is 0.254 e. The van der Waals surface area contributed by atoms with Crippen LogP contribution < -0.4 is 10.6 Å². The Morgan fingerprint density at radius 2 is 2.07 bits per heavy atom. The molecule has 0 spiro atoms. The Bertz CT molecular complexity index is 805. The Morgan fingerprint density at radius 3 is 2.70 bits per heavy atom. The van der Waals surface area contributed by atoms with Crippen molar-refractivity contribution in [1.82, 2.24) is 20.1 Å². The zero-order valence-corrected chi connectivity index (χ0v) is 16.6. The van der Waals surface area contributed by atoms with E-state index >= 15 is 0 Å². The molecule has 27 heavy (non-hydrogen) atoms. The molecule has 2 rings (SSSR count). The minimum atomic E-state index is -0.534. The molecule has 8 heteroatoms. The van der Waals surface area contributed by atoms with Crippen LogP contribution in [0.25, 0.3) is 0 Å². The molecule has 0 unspecified atom stereocenters. The summed E-state index contributed by atoms with van der Waals surface area (Å²) in [7, 11) is 3.87. The van der Waals surface area contributed by atoms with E-state index in [9.17, 15) is 9.18 Å². The summed E-state index contributed by atoms with van der Waals surface area (Å²) in [5.41, 5.74) is 1.09. The van der Waals surface area contributed by atoms with Crippen LogP contribution in [-0.4, -0.2) is 48.0 Å². The quantitative estimate of drug-likeness (QED) is 0.432. The molecule has 0 aliphatic carbocycles. The van der Waals surface area contributed by atoms with Gasteiger partial charge in [0.2, 0.25) is 0 Å². The summed E-state index contributed by atoms with van der Waals surface area (Å²) in [5, 5.41) is 6.60. The predicted molar refractivity (Wildman–Crippen MR) is 107 cm³/mol. The summed E-state index contributed by atoms with van der Waals surface area (Å²) in [5.74, 6) is -0.261. The molecule has 0 radical (unpaired) electrons. The number of guanidine groups is 1. The lowest BCUT2D eigenvalue weighted by molar-refractivity contribution is 0.0951. The number of nitrogens with one attached hydrogen (secondary N) is 2. The van der Waals surface area contributed by atoms with Crippen molar-refractivity contribution in [3.05, 3.63) is 58.6 Å². The maximum absolute atomic E-state index is 13.6.